The molecule has 1 aliphatic rings. The van der Waals surface area contributed by atoms with Crippen molar-refractivity contribution in [3.8, 4) is 0 Å². The Balaban J connectivity index is 1.89. The summed E-state index contributed by atoms with van der Waals surface area (Å²) in [5.74, 6) is -0.373. The first-order valence-electron chi connectivity index (χ1n) is 7.86. The van der Waals surface area contributed by atoms with Crippen LogP contribution in [-0.4, -0.2) is 47.8 Å². The molecule has 0 radical (unpaired) electrons. The molecule has 120 valence electrons. The smallest absolute Gasteiger partial charge is 0.227 e. The predicted molar refractivity (Wildman–Crippen MR) is 82.7 cm³/mol. The molecule has 0 saturated carbocycles. The van der Waals surface area contributed by atoms with Gasteiger partial charge < -0.3 is 9.80 Å². The van der Waals surface area contributed by atoms with Gasteiger partial charge in [-0.1, -0.05) is 12.1 Å². The van der Waals surface area contributed by atoms with E-state index in [0.717, 1.165) is 5.56 Å². The van der Waals surface area contributed by atoms with Gasteiger partial charge in [0.2, 0.25) is 11.8 Å². The number of amides is 2. The van der Waals surface area contributed by atoms with Crippen LogP contribution in [0.2, 0.25) is 0 Å². The van der Waals surface area contributed by atoms with E-state index in [1.54, 1.807) is 21.9 Å². The monoisotopic (exact) mass is 306 g/mol. The zero-order valence-electron chi connectivity index (χ0n) is 13.2. The Hall–Kier alpha value is -1.91. The van der Waals surface area contributed by atoms with Crippen LogP contribution in [0.4, 0.5) is 4.39 Å². The molecular formula is C17H23FN2O2. The second-order valence-electron chi connectivity index (χ2n) is 5.63. The molecule has 0 bridgehead atoms. The molecule has 4 nitrogen and oxygen atoms in total. The topological polar surface area (TPSA) is 40.6 Å². The summed E-state index contributed by atoms with van der Waals surface area (Å²) >= 11 is 0. The zero-order valence-corrected chi connectivity index (χ0v) is 13.2. The Morgan fingerprint density at radius 1 is 1.27 bits per heavy atom. The molecule has 22 heavy (non-hydrogen) atoms. The van der Waals surface area contributed by atoms with E-state index in [9.17, 15) is 14.0 Å². The van der Waals surface area contributed by atoms with Gasteiger partial charge in [-0.25, -0.2) is 4.39 Å². The Bertz CT molecular complexity index is 526. The van der Waals surface area contributed by atoms with Crippen molar-refractivity contribution in [1.29, 1.82) is 0 Å². The number of likely N-dealkylation sites (tertiary alicyclic amines) is 1. The first kappa shape index (κ1) is 16.5. The maximum atomic E-state index is 12.9. The lowest BCUT2D eigenvalue weighted by molar-refractivity contribution is -0.135. The van der Waals surface area contributed by atoms with Gasteiger partial charge in [0.25, 0.3) is 0 Å². The maximum Gasteiger partial charge on any atom is 0.227 e. The van der Waals surface area contributed by atoms with Gasteiger partial charge in [0.05, 0.1) is 5.92 Å². The van der Waals surface area contributed by atoms with Crippen molar-refractivity contribution in [2.75, 3.05) is 26.2 Å². The Morgan fingerprint density at radius 2 is 1.91 bits per heavy atom. The molecule has 0 N–H and O–H groups in total. The minimum Gasteiger partial charge on any atom is -0.343 e. The van der Waals surface area contributed by atoms with Gasteiger partial charge in [0.1, 0.15) is 5.82 Å². The normalized spacial score (nSPS) is 17.9. The van der Waals surface area contributed by atoms with Crippen LogP contribution in [0.15, 0.2) is 24.3 Å². The first-order chi connectivity index (χ1) is 10.5. The average molecular weight is 306 g/mol. The SMILES string of the molecule is CCN(CC)C(=O)[C@H]1CC(=O)N(CCc2ccc(F)cc2)C1. The van der Waals surface area contributed by atoms with Crippen LogP contribution >= 0.6 is 0 Å². The van der Waals surface area contributed by atoms with E-state index < -0.39 is 0 Å². The van der Waals surface area contributed by atoms with Crippen molar-refractivity contribution in [3.05, 3.63) is 35.6 Å². The van der Waals surface area contributed by atoms with Crippen molar-refractivity contribution in [1.82, 2.24) is 9.80 Å². The van der Waals surface area contributed by atoms with Crippen LogP contribution in [0.25, 0.3) is 0 Å². The van der Waals surface area contributed by atoms with E-state index in [1.807, 2.05) is 13.8 Å². The summed E-state index contributed by atoms with van der Waals surface area (Å²) < 4.78 is 12.9. The molecule has 0 unspecified atom stereocenters. The second kappa shape index (κ2) is 7.38. The fourth-order valence-corrected chi connectivity index (χ4v) is 2.86. The molecule has 2 amide bonds. The molecule has 0 aliphatic carbocycles. The number of halogens is 1. The average Bonchev–Trinajstić information content (AvgIpc) is 2.89. The Kier molecular flexibility index (Phi) is 5.52. The number of carbonyl (C=O) groups is 2. The van der Waals surface area contributed by atoms with E-state index in [0.29, 0.717) is 39.0 Å². The largest absolute Gasteiger partial charge is 0.343 e. The molecule has 0 aromatic heterocycles. The lowest BCUT2D eigenvalue weighted by atomic mass is 10.1. The van der Waals surface area contributed by atoms with Gasteiger partial charge >= 0.3 is 0 Å². The standard InChI is InChI=1S/C17H23FN2O2/c1-3-19(4-2)17(22)14-11-16(21)20(12-14)10-9-13-5-7-15(18)8-6-13/h5-8,14H,3-4,9-12H2,1-2H3/t14-/m0/s1. The summed E-state index contributed by atoms with van der Waals surface area (Å²) in [5.41, 5.74) is 0.993. The number of nitrogens with zero attached hydrogens (tertiary/aromatic N) is 2. The predicted octanol–water partition coefficient (Wildman–Crippen LogP) is 2.09. The van der Waals surface area contributed by atoms with Crippen molar-refractivity contribution in [3.63, 3.8) is 0 Å². The van der Waals surface area contributed by atoms with E-state index >= 15 is 0 Å². The molecule has 5 heteroatoms. The van der Waals surface area contributed by atoms with Gasteiger partial charge in [0.15, 0.2) is 0 Å². The second-order valence-corrected chi connectivity index (χ2v) is 5.63. The van der Waals surface area contributed by atoms with E-state index in [-0.39, 0.29) is 23.5 Å². The summed E-state index contributed by atoms with van der Waals surface area (Å²) in [6.45, 7) is 6.32. The van der Waals surface area contributed by atoms with Gasteiger partial charge in [-0.15, -0.1) is 0 Å². The maximum absolute atomic E-state index is 12.9. The van der Waals surface area contributed by atoms with E-state index in [2.05, 4.69) is 0 Å². The highest BCUT2D eigenvalue weighted by atomic mass is 19.1. The summed E-state index contributed by atoms with van der Waals surface area (Å²) in [6.07, 6.45) is 0.983. The highest BCUT2D eigenvalue weighted by Crippen LogP contribution is 2.20. The zero-order chi connectivity index (χ0) is 16.1. The van der Waals surface area contributed by atoms with E-state index in [1.165, 1.54) is 12.1 Å². The molecule has 1 aliphatic heterocycles. The van der Waals surface area contributed by atoms with Crippen LogP contribution in [-0.2, 0) is 16.0 Å². The van der Waals surface area contributed by atoms with Crippen LogP contribution < -0.4 is 0 Å². The molecule has 1 atom stereocenters. The summed E-state index contributed by atoms with van der Waals surface area (Å²) in [5, 5.41) is 0. The molecule has 1 aromatic rings. The van der Waals surface area contributed by atoms with Crippen molar-refractivity contribution in [2.24, 2.45) is 5.92 Å². The molecule has 1 aromatic carbocycles. The number of hydrogen-bond acceptors (Lipinski definition) is 2. The van der Waals surface area contributed by atoms with Crippen molar-refractivity contribution in [2.45, 2.75) is 26.7 Å². The molecule has 1 fully saturated rings. The highest BCUT2D eigenvalue weighted by molar-refractivity contribution is 5.89. The summed E-state index contributed by atoms with van der Waals surface area (Å²) in [4.78, 5) is 27.9. The molecule has 1 heterocycles. The lowest BCUT2D eigenvalue weighted by Gasteiger charge is -2.22. The third-order valence-electron chi connectivity index (χ3n) is 4.22. The quantitative estimate of drug-likeness (QED) is 0.807. The van der Waals surface area contributed by atoms with Gasteiger partial charge in [-0.2, -0.15) is 0 Å². The van der Waals surface area contributed by atoms with Gasteiger partial charge in [0, 0.05) is 32.6 Å². The lowest BCUT2D eigenvalue weighted by Crippen LogP contribution is -2.37. The van der Waals surface area contributed by atoms with Crippen LogP contribution in [0.1, 0.15) is 25.8 Å². The van der Waals surface area contributed by atoms with Crippen molar-refractivity contribution >= 4 is 11.8 Å². The van der Waals surface area contributed by atoms with Crippen molar-refractivity contribution < 1.29 is 14.0 Å². The fourth-order valence-electron chi connectivity index (χ4n) is 2.86. The Labute approximate surface area is 130 Å². The van der Waals surface area contributed by atoms with E-state index in [4.69, 9.17) is 0 Å². The number of carbonyl (C=O) groups excluding carboxylic acids is 2. The van der Waals surface area contributed by atoms with Gasteiger partial charge in [-0.3, -0.25) is 9.59 Å². The summed E-state index contributed by atoms with van der Waals surface area (Å²) in [7, 11) is 0. The highest BCUT2D eigenvalue weighted by Gasteiger charge is 2.35. The minimum absolute atomic E-state index is 0.0348. The number of hydrogen-bond donors (Lipinski definition) is 0. The third-order valence-corrected chi connectivity index (χ3v) is 4.22. The number of benzene rings is 1. The molecule has 0 spiro atoms. The molecular weight excluding hydrogens is 283 g/mol. The Morgan fingerprint density at radius 3 is 2.50 bits per heavy atom. The van der Waals surface area contributed by atoms with Gasteiger partial charge in [-0.05, 0) is 38.0 Å². The minimum atomic E-state index is -0.258. The third kappa shape index (κ3) is 3.84. The number of rotatable bonds is 6. The first-order valence-corrected chi connectivity index (χ1v) is 7.86. The molecule has 1 saturated heterocycles. The van der Waals surface area contributed by atoms with Crippen LogP contribution in [0.5, 0.6) is 0 Å². The van der Waals surface area contributed by atoms with Crippen LogP contribution in [0, 0.1) is 11.7 Å². The summed E-state index contributed by atoms with van der Waals surface area (Å²) in [6, 6.07) is 6.31. The van der Waals surface area contributed by atoms with Crippen LogP contribution in [0.3, 0.4) is 0 Å². The molecule has 2 rings (SSSR count). The fraction of sp³-hybridized carbons (Fsp3) is 0.529.